The van der Waals surface area contributed by atoms with E-state index in [-0.39, 0.29) is 31.1 Å². The second-order valence-electron chi connectivity index (χ2n) is 22.3. The van der Waals surface area contributed by atoms with Crippen molar-refractivity contribution >= 4 is 17.9 Å². The molecule has 0 heterocycles. The fourth-order valence-corrected chi connectivity index (χ4v) is 9.44. The molecular formula is C75H126O6. The SMILES string of the molecule is CC/C=C\C/C=C\C/C=C\C/C=C\C/C=C\C/C=C\C/C=C\CCCCCCCCCCCC(=O)OCC(COC(=O)CCCCCCCCCCCCCCCCC)OC(=O)CCCCCCCCC/C=C\C/C=C\C/C=C\CC. The smallest absolute Gasteiger partial charge is 0.306 e. The maximum Gasteiger partial charge on any atom is 0.306 e. The lowest BCUT2D eigenvalue weighted by Crippen LogP contribution is -2.30. The van der Waals surface area contributed by atoms with Crippen LogP contribution in [-0.2, 0) is 28.6 Å². The monoisotopic (exact) mass is 1120 g/mol. The molecule has 0 aromatic carbocycles. The second kappa shape index (κ2) is 68.3. The molecule has 0 spiro atoms. The summed E-state index contributed by atoms with van der Waals surface area (Å²) < 4.78 is 17.0. The van der Waals surface area contributed by atoms with Crippen molar-refractivity contribution in [2.24, 2.45) is 0 Å². The Bertz CT molecular complexity index is 1670. The van der Waals surface area contributed by atoms with Gasteiger partial charge >= 0.3 is 17.9 Å². The zero-order chi connectivity index (χ0) is 58.5. The van der Waals surface area contributed by atoms with Crippen molar-refractivity contribution < 1.29 is 28.6 Å². The number of allylic oxidation sites excluding steroid dienone is 20. The van der Waals surface area contributed by atoms with Crippen LogP contribution in [0.15, 0.2) is 122 Å². The predicted octanol–water partition coefficient (Wildman–Crippen LogP) is 23.6. The van der Waals surface area contributed by atoms with Crippen molar-refractivity contribution in [1.82, 2.24) is 0 Å². The minimum Gasteiger partial charge on any atom is -0.462 e. The Morgan fingerprint density at radius 2 is 0.481 bits per heavy atom. The van der Waals surface area contributed by atoms with E-state index < -0.39 is 6.10 Å². The number of unbranched alkanes of at least 4 members (excludes halogenated alkanes) is 30. The molecule has 0 saturated heterocycles. The van der Waals surface area contributed by atoms with Crippen LogP contribution in [0.1, 0.15) is 316 Å². The third kappa shape index (κ3) is 66.5. The van der Waals surface area contributed by atoms with Gasteiger partial charge in [0.2, 0.25) is 0 Å². The minimum absolute atomic E-state index is 0.0824. The normalized spacial score (nSPS) is 12.9. The number of ether oxygens (including phenoxy) is 3. The first-order chi connectivity index (χ1) is 40.0. The molecule has 0 fully saturated rings. The molecule has 0 rings (SSSR count). The molecule has 0 aliphatic heterocycles. The van der Waals surface area contributed by atoms with Gasteiger partial charge in [0, 0.05) is 19.3 Å². The van der Waals surface area contributed by atoms with Crippen LogP contribution >= 0.6 is 0 Å². The van der Waals surface area contributed by atoms with Crippen LogP contribution in [0, 0.1) is 0 Å². The lowest BCUT2D eigenvalue weighted by molar-refractivity contribution is -0.167. The summed E-state index contributed by atoms with van der Waals surface area (Å²) in [5.74, 6) is -0.888. The Kier molecular flexibility index (Phi) is 64.8. The number of carbonyl (C=O) groups is 3. The first-order valence-electron chi connectivity index (χ1n) is 34.0. The Hall–Kier alpha value is -4.19. The van der Waals surface area contributed by atoms with Gasteiger partial charge in [-0.3, -0.25) is 14.4 Å². The van der Waals surface area contributed by atoms with Crippen molar-refractivity contribution in [2.75, 3.05) is 13.2 Å². The molecule has 6 nitrogen and oxygen atoms in total. The van der Waals surface area contributed by atoms with E-state index in [1.807, 2.05) is 0 Å². The van der Waals surface area contributed by atoms with Gasteiger partial charge in [-0.1, -0.05) is 309 Å². The molecular weight excluding hydrogens is 997 g/mol. The summed E-state index contributed by atoms with van der Waals surface area (Å²) >= 11 is 0. The van der Waals surface area contributed by atoms with Crippen molar-refractivity contribution in [2.45, 2.75) is 322 Å². The fourth-order valence-electron chi connectivity index (χ4n) is 9.44. The number of carbonyl (C=O) groups excluding carboxylic acids is 3. The van der Waals surface area contributed by atoms with Gasteiger partial charge in [0.1, 0.15) is 13.2 Å². The second-order valence-corrected chi connectivity index (χ2v) is 22.3. The Balaban J connectivity index is 4.31. The quantitative estimate of drug-likeness (QED) is 0.0261. The highest BCUT2D eigenvalue weighted by atomic mass is 16.6. The van der Waals surface area contributed by atoms with Crippen molar-refractivity contribution in [3.8, 4) is 0 Å². The van der Waals surface area contributed by atoms with Gasteiger partial charge in [-0.15, -0.1) is 0 Å². The molecule has 0 aliphatic rings. The lowest BCUT2D eigenvalue weighted by atomic mass is 10.0. The molecule has 1 atom stereocenters. The van der Waals surface area contributed by atoms with Gasteiger partial charge in [0.25, 0.3) is 0 Å². The number of hydrogen-bond acceptors (Lipinski definition) is 6. The number of hydrogen-bond donors (Lipinski definition) is 0. The maximum atomic E-state index is 12.9. The highest BCUT2D eigenvalue weighted by Gasteiger charge is 2.19. The van der Waals surface area contributed by atoms with Gasteiger partial charge in [-0.25, -0.2) is 0 Å². The molecule has 0 N–H and O–H groups in total. The summed E-state index contributed by atoms with van der Waals surface area (Å²) in [6.45, 7) is 6.43. The highest BCUT2D eigenvalue weighted by Crippen LogP contribution is 2.17. The van der Waals surface area contributed by atoms with E-state index in [4.69, 9.17) is 14.2 Å². The highest BCUT2D eigenvalue weighted by molar-refractivity contribution is 5.71. The topological polar surface area (TPSA) is 78.9 Å². The van der Waals surface area contributed by atoms with E-state index in [2.05, 4.69) is 142 Å². The third-order valence-corrected chi connectivity index (χ3v) is 14.5. The zero-order valence-corrected chi connectivity index (χ0v) is 53.0. The molecule has 0 radical (unpaired) electrons. The van der Waals surface area contributed by atoms with Crippen LogP contribution in [0.2, 0.25) is 0 Å². The Morgan fingerprint density at radius 1 is 0.259 bits per heavy atom. The summed E-state index contributed by atoms with van der Waals surface area (Å²) in [4.78, 5) is 38.4. The molecule has 0 amide bonds. The van der Waals surface area contributed by atoms with Crippen molar-refractivity contribution in [3.05, 3.63) is 122 Å². The van der Waals surface area contributed by atoms with Gasteiger partial charge in [0.05, 0.1) is 0 Å². The molecule has 0 bridgehead atoms. The van der Waals surface area contributed by atoms with Crippen molar-refractivity contribution in [1.29, 1.82) is 0 Å². The van der Waals surface area contributed by atoms with Crippen LogP contribution in [0.25, 0.3) is 0 Å². The Labute approximate surface area is 501 Å². The molecule has 0 aromatic rings. The zero-order valence-electron chi connectivity index (χ0n) is 53.0. The average Bonchev–Trinajstić information content (AvgIpc) is 3.47. The third-order valence-electron chi connectivity index (χ3n) is 14.5. The van der Waals surface area contributed by atoms with E-state index in [0.29, 0.717) is 19.3 Å². The summed E-state index contributed by atoms with van der Waals surface area (Å²) in [7, 11) is 0. The standard InChI is InChI=1S/C75H126O6/c1-4-7-10-13-16-19-22-25-28-30-31-32-33-34-35-36-37-38-39-40-41-42-43-45-47-50-53-56-59-62-65-68-74(77)80-71-72(70-79-73(76)67-64-61-58-55-52-49-46-27-24-21-18-15-12-9-6-3)81-75(78)69-66-63-60-57-54-51-48-44-29-26-23-20-17-14-11-8-5-2/h7-8,10-11,16-17,19-20,25-26,28-29,31-32,34-35,37-38,40-41,72H,4-6,9,12-15,18,21-24,27,30,33,36,39,42-71H2,1-3H3/b10-7-,11-8-,19-16-,20-17-,28-25-,29-26-,32-31-,35-34-,38-37-,41-40-. The molecule has 0 aliphatic carbocycles. The molecule has 0 saturated carbocycles. The van der Waals surface area contributed by atoms with E-state index >= 15 is 0 Å². The van der Waals surface area contributed by atoms with Crippen LogP contribution in [0.4, 0.5) is 0 Å². The molecule has 81 heavy (non-hydrogen) atoms. The molecule has 0 aromatic heterocycles. The molecule has 462 valence electrons. The van der Waals surface area contributed by atoms with Crippen molar-refractivity contribution in [3.63, 3.8) is 0 Å². The first kappa shape index (κ1) is 76.8. The summed E-state index contributed by atoms with van der Waals surface area (Å²) in [5.41, 5.74) is 0. The van der Waals surface area contributed by atoms with Crippen LogP contribution in [0.5, 0.6) is 0 Å². The predicted molar refractivity (Wildman–Crippen MR) is 353 cm³/mol. The fraction of sp³-hybridized carbons (Fsp3) is 0.693. The number of rotatable bonds is 61. The van der Waals surface area contributed by atoms with E-state index in [1.165, 1.54) is 141 Å². The van der Waals surface area contributed by atoms with Crippen LogP contribution in [0.3, 0.4) is 0 Å². The van der Waals surface area contributed by atoms with E-state index in [9.17, 15) is 14.4 Å². The summed E-state index contributed by atoms with van der Waals surface area (Å²) in [5, 5.41) is 0. The molecule has 1 unspecified atom stereocenters. The average molecular weight is 1120 g/mol. The molecule has 6 heteroatoms. The number of esters is 3. The van der Waals surface area contributed by atoms with Gasteiger partial charge in [-0.2, -0.15) is 0 Å². The van der Waals surface area contributed by atoms with Gasteiger partial charge in [-0.05, 0) is 109 Å². The van der Waals surface area contributed by atoms with Crippen LogP contribution < -0.4 is 0 Å². The largest absolute Gasteiger partial charge is 0.462 e. The van der Waals surface area contributed by atoms with E-state index in [0.717, 1.165) is 135 Å². The van der Waals surface area contributed by atoms with Gasteiger partial charge in [0.15, 0.2) is 6.10 Å². The van der Waals surface area contributed by atoms with Gasteiger partial charge < -0.3 is 14.2 Å². The van der Waals surface area contributed by atoms with E-state index in [1.54, 1.807) is 0 Å². The Morgan fingerprint density at radius 3 is 0.753 bits per heavy atom. The minimum atomic E-state index is -0.788. The maximum absolute atomic E-state index is 12.9. The van der Waals surface area contributed by atoms with Crippen LogP contribution in [-0.4, -0.2) is 37.2 Å². The summed E-state index contributed by atoms with van der Waals surface area (Å²) in [6, 6.07) is 0. The summed E-state index contributed by atoms with van der Waals surface area (Å²) in [6.07, 6.45) is 94.9. The first-order valence-corrected chi connectivity index (χ1v) is 34.0. The lowest BCUT2D eigenvalue weighted by Gasteiger charge is -2.18.